The van der Waals surface area contributed by atoms with E-state index in [-0.39, 0.29) is 0 Å². The van der Waals surface area contributed by atoms with E-state index in [1.54, 1.807) is 6.07 Å². The van der Waals surface area contributed by atoms with Crippen LogP contribution in [-0.4, -0.2) is 50.9 Å². The van der Waals surface area contributed by atoms with E-state index in [0.717, 1.165) is 0 Å². The zero-order valence-corrected chi connectivity index (χ0v) is 9.26. The second-order valence-corrected chi connectivity index (χ2v) is 3.35. The second-order valence-electron chi connectivity index (χ2n) is 2.97. The maximum atomic E-state index is 5.47. The lowest BCUT2D eigenvalue weighted by molar-refractivity contribution is 0.160. The predicted octanol–water partition coefficient (Wildman–Crippen LogP) is 0.187. The van der Waals surface area contributed by atoms with Gasteiger partial charge in [-0.25, -0.2) is 0 Å². The maximum Gasteiger partial charge on any atom is 0.200 e. The molecule has 86 valence electrons. The van der Waals surface area contributed by atoms with Gasteiger partial charge in [0.15, 0.2) is 5.65 Å². The zero-order chi connectivity index (χ0) is 11.2. The summed E-state index contributed by atoms with van der Waals surface area (Å²) in [6.07, 6.45) is 0. The number of tetrazole rings is 1. The van der Waals surface area contributed by atoms with Crippen molar-refractivity contribution in [3.8, 4) is 0 Å². The Morgan fingerprint density at radius 3 is 3.19 bits per heavy atom. The summed E-state index contributed by atoms with van der Waals surface area (Å²) in [5, 5.41) is 18.2. The Kier molecular flexibility index (Phi) is 3.84. The van der Waals surface area contributed by atoms with Crippen LogP contribution < -0.4 is 5.32 Å². The topological polar surface area (TPSA) is 77.2 Å². The van der Waals surface area contributed by atoms with E-state index in [0.29, 0.717) is 37.1 Å². The molecule has 0 atom stereocenters. The van der Waals surface area contributed by atoms with Gasteiger partial charge in [-0.2, -0.15) is 0 Å². The highest BCUT2D eigenvalue weighted by molar-refractivity contribution is 6.17. The van der Waals surface area contributed by atoms with Crippen LogP contribution in [0.15, 0.2) is 12.1 Å². The fourth-order valence-corrected chi connectivity index (χ4v) is 1.26. The van der Waals surface area contributed by atoms with Gasteiger partial charge in [-0.1, -0.05) is 0 Å². The monoisotopic (exact) mass is 242 g/mol. The minimum Gasteiger partial charge on any atom is -0.378 e. The molecule has 0 spiro atoms. The van der Waals surface area contributed by atoms with Gasteiger partial charge in [0.05, 0.1) is 13.2 Å². The highest BCUT2D eigenvalue weighted by atomic mass is 35.5. The molecule has 7 nitrogen and oxygen atoms in total. The van der Waals surface area contributed by atoms with E-state index in [2.05, 4.69) is 25.9 Å². The third kappa shape index (κ3) is 2.77. The van der Waals surface area contributed by atoms with Crippen molar-refractivity contribution in [3.63, 3.8) is 0 Å². The summed E-state index contributed by atoms with van der Waals surface area (Å²) >= 11 is 5.47. The smallest absolute Gasteiger partial charge is 0.200 e. The van der Waals surface area contributed by atoms with Crippen LogP contribution in [0.1, 0.15) is 0 Å². The molecular weight excluding hydrogens is 232 g/mol. The number of hydrogen-bond donors (Lipinski definition) is 1. The van der Waals surface area contributed by atoms with Crippen LogP contribution >= 0.6 is 11.6 Å². The standard InChI is InChI=1S/C8H11ClN6O/c9-3-5-16-6-4-10-7-1-2-8-11-13-14-15(8)12-7/h1-2H,3-6H2,(H,10,12). The van der Waals surface area contributed by atoms with Crippen LogP contribution in [0.25, 0.3) is 5.65 Å². The van der Waals surface area contributed by atoms with Gasteiger partial charge in [0.2, 0.25) is 0 Å². The van der Waals surface area contributed by atoms with Crippen molar-refractivity contribution in [2.45, 2.75) is 0 Å². The summed E-state index contributed by atoms with van der Waals surface area (Å²) in [7, 11) is 0. The Balaban J connectivity index is 1.84. The number of halogens is 1. The molecule has 8 heteroatoms. The number of alkyl halides is 1. The number of ether oxygens (including phenoxy) is 1. The number of nitrogens with one attached hydrogen (secondary N) is 1. The predicted molar refractivity (Wildman–Crippen MR) is 58.6 cm³/mol. The molecule has 0 aliphatic carbocycles. The molecule has 0 amide bonds. The first-order valence-corrected chi connectivity index (χ1v) is 5.36. The van der Waals surface area contributed by atoms with Crippen molar-refractivity contribution in [2.75, 3.05) is 31.0 Å². The third-order valence-electron chi connectivity index (χ3n) is 1.84. The van der Waals surface area contributed by atoms with Gasteiger partial charge in [0, 0.05) is 12.4 Å². The molecule has 0 aliphatic heterocycles. The molecule has 2 aromatic heterocycles. The average Bonchev–Trinajstić information content (AvgIpc) is 2.76. The van der Waals surface area contributed by atoms with Crippen molar-refractivity contribution < 1.29 is 4.74 Å². The van der Waals surface area contributed by atoms with Gasteiger partial charge >= 0.3 is 0 Å². The molecule has 0 bridgehead atoms. The van der Waals surface area contributed by atoms with E-state index in [1.807, 2.05) is 6.07 Å². The van der Waals surface area contributed by atoms with E-state index in [4.69, 9.17) is 16.3 Å². The Hall–Kier alpha value is -1.47. The summed E-state index contributed by atoms with van der Waals surface area (Å²) in [4.78, 5) is 0. The van der Waals surface area contributed by atoms with Crippen LogP contribution in [0.2, 0.25) is 0 Å². The normalized spacial score (nSPS) is 10.8. The largest absolute Gasteiger partial charge is 0.378 e. The number of rotatable bonds is 6. The molecule has 2 rings (SSSR count). The van der Waals surface area contributed by atoms with E-state index in [1.165, 1.54) is 4.63 Å². The van der Waals surface area contributed by atoms with Crippen LogP contribution in [0.3, 0.4) is 0 Å². The molecule has 16 heavy (non-hydrogen) atoms. The summed E-state index contributed by atoms with van der Waals surface area (Å²) in [6, 6.07) is 3.60. The lowest BCUT2D eigenvalue weighted by Crippen LogP contribution is -2.12. The SMILES string of the molecule is ClCCOCCNc1ccc2nnnn2n1. The summed E-state index contributed by atoms with van der Waals surface area (Å²) < 4.78 is 6.57. The lowest BCUT2D eigenvalue weighted by Gasteiger charge is -2.04. The molecular formula is C8H11ClN6O. The zero-order valence-electron chi connectivity index (χ0n) is 8.51. The molecule has 0 unspecified atom stereocenters. The van der Waals surface area contributed by atoms with E-state index >= 15 is 0 Å². The Morgan fingerprint density at radius 2 is 2.31 bits per heavy atom. The first-order valence-electron chi connectivity index (χ1n) is 4.83. The van der Waals surface area contributed by atoms with Gasteiger partial charge in [-0.05, 0) is 22.6 Å². The Bertz CT molecular complexity index is 447. The third-order valence-corrected chi connectivity index (χ3v) is 2.00. The van der Waals surface area contributed by atoms with Gasteiger partial charge in [-0.15, -0.1) is 26.4 Å². The number of aromatic nitrogens is 5. The Labute approximate surface area is 96.7 Å². The number of hydrogen-bond acceptors (Lipinski definition) is 6. The molecule has 0 saturated carbocycles. The number of anilines is 1. The lowest BCUT2D eigenvalue weighted by atomic mass is 10.5. The molecule has 0 aromatic carbocycles. The molecule has 0 saturated heterocycles. The fourth-order valence-electron chi connectivity index (χ4n) is 1.15. The van der Waals surface area contributed by atoms with Crippen molar-refractivity contribution >= 4 is 23.1 Å². The van der Waals surface area contributed by atoms with Crippen LogP contribution in [0.4, 0.5) is 5.82 Å². The summed E-state index contributed by atoms with van der Waals surface area (Å²) in [5.74, 6) is 1.21. The average molecular weight is 243 g/mol. The second kappa shape index (κ2) is 5.57. The van der Waals surface area contributed by atoms with E-state index in [9.17, 15) is 0 Å². The van der Waals surface area contributed by atoms with Crippen molar-refractivity contribution in [2.24, 2.45) is 0 Å². The van der Waals surface area contributed by atoms with Crippen molar-refractivity contribution in [1.29, 1.82) is 0 Å². The Morgan fingerprint density at radius 1 is 1.38 bits per heavy atom. The molecule has 1 N–H and O–H groups in total. The summed E-state index contributed by atoms with van der Waals surface area (Å²) in [6.45, 7) is 1.81. The highest BCUT2D eigenvalue weighted by Gasteiger charge is 1.99. The number of fused-ring (bicyclic) bond motifs is 1. The van der Waals surface area contributed by atoms with Crippen LogP contribution in [-0.2, 0) is 4.74 Å². The highest BCUT2D eigenvalue weighted by Crippen LogP contribution is 2.02. The minimum atomic E-state index is 0.509. The van der Waals surface area contributed by atoms with Gasteiger partial charge in [0.25, 0.3) is 0 Å². The molecule has 2 aromatic rings. The first kappa shape index (κ1) is 11.0. The minimum absolute atomic E-state index is 0.509. The van der Waals surface area contributed by atoms with Crippen LogP contribution in [0.5, 0.6) is 0 Å². The van der Waals surface area contributed by atoms with Crippen LogP contribution in [0, 0.1) is 0 Å². The maximum absolute atomic E-state index is 5.47. The quantitative estimate of drug-likeness (QED) is 0.576. The van der Waals surface area contributed by atoms with Gasteiger partial charge in [-0.3, -0.25) is 0 Å². The van der Waals surface area contributed by atoms with Crippen molar-refractivity contribution in [1.82, 2.24) is 25.3 Å². The van der Waals surface area contributed by atoms with E-state index < -0.39 is 0 Å². The van der Waals surface area contributed by atoms with Gasteiger partial charge in [0.1, 0.15) is 5.82 Å². The fraction of sp³-hybridized carbons (Fsp3) is 0.500. The molecule has 2 heterocycles. The first-order chi connectivity index (χ1) is 7.90. The van der Waals surface area contributed by atoms with Crippen molar-refractivity contribution in [3.05, 3.63) is 12.1 Å². The molecule has 0 aliphatic rings. The number of nitrogens with zero attached hydrogens (tertiary/aromatic N) is 5. The summed E-state index contributed by atoms with van der Waals surface area (Å²) in [5.41, 5.74) is 0.615. The molecule has 0 fully saturated rings. The van der Waals surface area contributed by atoms with Gasteiger partial charge < -0.3 is 10.1 Å². The molecule has 0 radical (unpaired) electrons.